The number of nitrogens with one attached hydrogen (secondary N) is 1. The zero-order valence-electron chi connectivity index (χ0n) is 17.7. The SMILES string of the molecule is Cc1c(C#N)c(NC(=O)CN(C)Cc2nc3ccccc3s2)n(Cc2ccco2)c1C. The van der Waals surface area contributed by atoms with E-state index in [1.165, 1.54) is 0 Å². The highest BCUT2D eigenvalue weighted by Crippen LogP contribution is 2.27. The highest BCUT2D eigenvalue weighted by Gasteiger charge is 2.21. The van der Waals surface area contributed by atoms with Gasteiger partial charge in [0.1, 0.15) is 22.7 Å². The molecule has 0 saturated carbocycles. The molecule has 1 aromatic carbocycles. The summed E-state index contributed by atoms with van der Waals surface area (Å²) in [6, 6.07) is 13.9. The first kappa shape index (κ1) is 20.8. The molecule has 0 radical (unpaired) electrons. The van der Waals surface area contributed by atoms with Crippen LogP contribution in [0.3, 0.4) is 0 Å². The fourth-order valence-corrected chi connectivity index (χ4v) is 4.63. The highest BCUT2D eigenvalue weighted by molar-refractivity contribution is 7.18. The minimum atomic E-state index is -0.182. The molecule has 4 rings (SSSR count). The third-order valence-electron chi connectivity index (χ3n) is 5.25. The van der Waals surface area contributed by atoms with E-state index >= 15 is 0 Å². The zero-order valence-corrected chi connectivity index (χ0v) is 18.5. The van der Waals surface area contributed by atoms with Crippen molar-refractivity contribution < 1.29 is 9.21 Å². The van der Waals surface area contributed by atoms with Crippen LogP contribution in [0.25, 0.3) is 10.2 Å². The van der Waals surface area contributed by atoms with Gasteiger partial charge in [0.05, 0.1) is 41.7 Å². The average Bonchev–Trinajstić information content (AvgIpc) is 3.44. The number of furan rings is 1. The zero-order chi connectivity index (χ0) is 22.0. The number of hydrogen-bond acceptors (Lipinski definition) is 6. The summed E-state index contributed by atoms with van der Waals surface area (Å²) in [5.74, 6) is 1.08. The van der Waals surface area contributed by atoms with Gasteiger partial charge in [-0.1, -0.05) is 12.1 Å². The summed E-state index contributed by atoms with van der Waals surface area (Å²) >= 11 is 1.63. The number of rotatable bonds is 7. The van der Waals surface area contributed by atoms with E-state index in [9.17, 15) is 10.1 Å². The maximum absolute atomic E-state index is 12.8. The number of amides is 1. The van der Waals surface area contributed by atoms with Crippen LogP contribution in [0.5, 0.6) is 0 Å². The summed E-state index contributed by atoms with van der Waals surface area (Å²) in [6.07, 6.45) is 1.61. The number of likely N-dealkylation sites (N-methyl/N-ethyl adjacent to an activating group) is 1. The minimum Gasteiger partial charge on any atom is -0.467 e. The summed E-state index contributed by atoms with van der Waals surface area (Å²) in [5, 5.41) is 13.6. The van der Waals surface area contributed by atoms with Crippen molar-refractivity contribution in [1.29, 1.82) is 5.26 Å². The molecule has 158 valence electrons. The Morgan fingerprint density at radius 3 is 2.81 bits per heavy atom. The second-order valence-electron chi connectivity index (χ2n) is 7.51. The first-order valence-corrected chi connectivity index (χ1v) is 10.7. The number of para-hydroxylation sites is 1. The van der Waals surface area contributed by atoms with Gasteiger partial charge in [-0.15, -0.1) is 11.3 Å². The molecule has 7 nitrogen and oxygen atoms in total. The molecule has 3 aromatic heterocycles. The van der Waals surface area contributed by atoms with Gasteiger partial charge < -0.3 is 14.3 Å². The topological polar surface area (TPSA) is 87.1 Å². The van der Waals surface area contributed by atoms with Gasteiger partial charge in [-0.2, -0.15) is 5.26 Å². The molecule has 1 amide bonds. The summed E-state index contributed by atoms with van der Waals surface area (Å²) in [4.78, 5) is 19.4. The molecule has 4 aromatic rings. The van der Waals surface area contributed by atoms with E-state index < -0.39 is 0 Å². The van der Waals surface area contributed by atoms with Crippen molar-refractivity contribution in [3.05, 3.63) is 70.3 Å². The van der Waals surface area contributed by atoms with Gasteiger partial charge in [0.25, 0.3) is 0 Å². The Bertz CT molecular complexity index is 1230. The Morgan fingerprint density at radius 1 is 1.29 bits per heavy atom. The van der Waals surface area contributed by atoms with Crippen molar-refractivity contribution in [2.75, 3.05) is 18.9 Å². The lowest BCUT2D eigenvalue weighted by atomic mass is 10.2. The van der Waals surface area contributed by atoms with E-state index in [-0.39, 0.29) is 12.5 Å². The van der Waals surface area contributed by atoms with E-state index in [0.29, 0.717) is 24.5 Å². The monoisotopic (exact) mass is 433 g/mol. The maximum atomic E-state index is 12.8. The molecular formula is C23H23N5O2S. The normalized spacial score (nSPS) is 11.2. The van der Waals surface area contributed by atoms with Crippen molar-refractivity contribution in [2.24, 2.45) is 0 Å². The van der Waals surface area contributed by atoms with Crippen molar-refractivity contribution >= 4 is 33.3 Å². The van der Waals surface area contributed by atoms with Gasteiger partial charge in [-0.05, 0) is 50.7 Å². The lowest BCUT2D eigenvalue weighted by Crippen LogP contribution is -2.30. The Hall–Kier alpha value is -3.41. The Morgan fingerprint density at radius 2 is 2.10 bits per heavy atom. The number of hydrogen-bond donors (Lipinski definition) is 1. The van der Waals surface area contributed by atoms with Crippen LogP contribution < -0.4 is 5.32 Å². The molecule has 1 N–H and O–H groups in total. The second-order valence-corrected chi connectivity index (χ2v) is 8.62. The molecule has 0 unspecified atom stereocenters. The van der Waals surface area contributed by atoms with Crippen LogP contribution >= 0.6 is 11.3 Å². The molecule has 0 aliphatic heterocycles. The largest absolute Gasteiger partial charge is 0.467 e. The molecule has 3 heterocycles. The average molecular weight is 434 g/mol. The van der Waals surface area contributed by atoms with Crippen LogP contribution in [0.1, 0.15) is 27.6 Å². The lowest BCUT2D eigenvalue weighted by Gasteiger charge is -2.16. The van der Waals surface area contributed by atoms with E-state index in [2.05, 4.69) is 16.4 Å². The smallest absolute Gasteiger partial charge is 0.239 e. The molecular weight excluding hydrogens is 410 g/mol. The van der Waals surface area contributed by atoms with Gasteiger partial charge in [0.2, 0.25) is 5.91 Å². The number of carbonyl (C=O) groups is 1. The number of fused-ring (bicyclic) bond motifs is 1. The molecule has 0 spiro atoms. The third-order valence-corrected chi connectivity index (χ3v) is 6.27. The highest BCUT2D eigenvalue weighted by atomic mass is 32.1. The Balaban J connectivity index is 1.48. The quantitative estimate of drug-likeness (QED) is 0.470. The van der Waals surface area contributed by atoms with Gasteiger partial charge in [0.15, 0.2) is 0 Å². The van der Waals surface area contributed by atoms with Gasteiger partial charge >= 0.3 is 0 Å². The second kappa shape index (κ2) is 8.76. The molecule has 0 bridgehead atoms. The Labute approximate surface area is 184 Å². The number of carbonyl (C=O) groups excluding carboxylic acids is 1. The van der Waals surface area contributed by atoms with E-state index in [1.54, 1.807) is 17.6 Å². The van der Waals surface area contributed by atoms with E-state index in [4.69, 9.17) is 4.42 Å². The van der Waals surface area contributed by atoms with E-state index in [1.807, 2.05) is 66.8 Å². The van der Waals surface area contributed by atoms with Crippen LogP contribution in [0.4, 0.5) is 5.82 Å². The van der Waals surface area contributed by atoms with Crippen molar-refractivity contribution in [1.82, 2.24) is 14.5 Å². The van der Waals surface area contributed by atoms with Crippen LogP contribution in [0.2, 0.25) is 0 Å². The Kier molecular flexibility index (Phi) is 5.89. The fraction of sp³-hybridized carbons (Fsp3) is 0.261. The summed E-state index contributed by atoms with van der Waals surface area (Å²) < 4.78 is 8.51. The standard InChI is InChI=1S/C23H23N5O2S/c1-15-16(2)28(12-17-7-6-10-30-17)23(18(15)11-24)26-21(29)13-27(3)14-22-25-19-8-4-5-9-20(19)31-22/h4-10H,12-14H2,1-3H3,(H,26,29). The molecule has 31 heavy (non-hydrogen) atoms. The first-order valence-electron chi connectivity index (χ1n) is 9.91. The first-order chi connectivity index (χ1) is 15.0. The number of nitriles is 1. The molecule has 0 saturated heterocycles. The van der Waals surface area contributed by atoms with Crippen molar-refractivity contribution in [3.8, 4) is 6.07 Å². The van der Waals surface area contributed by atoms with Crippen molar-refractivity contribution in [2.45, 2.75) is 26.9 Å². The van der Waals surface area contributed by atoms with Gasteiger partial charge in [-0.3, -0.25) is 9.69 Å². The molecule has 0 fully saturated rings. The maximum Gasteiger partial charge on any atom is 0.239 e. The number of thiazole rings is 1. The van der Waals surface area contributed by atoms with Crippen LogP contribution in [-0.4, -0.2) is 34.0 Å². The molecule has 0 aliphatic carbocycles. The minimum absolute atomic E-state index is 0.182. The predicted molar refractivity (Wildman–Crippen MR) is 121 cm³/mol. The predicted octanol–water partition coefficient (Wildman–Crippen LogP) is 4.30. The number of aromatic nitrogens is 2. The van der Waals surface area contributed by atoms with Gasteiger partial charge in [-0.25, -0.2) is 4.98 Å². The third kappa shape index (κ3) is 4.38. The van der Waals surface area contributed by atoms with Crippen LogP contribution in [0, 0.1) is 25.2 Å². The fourth-order valence-electron chi connectivity index (χ4n) is 3.58. The van der Waals surface area contributed by atoms with Crippen LogP contribution in [-0.2, 0) is 17.9 Å². The number of benzene rings is 1. The molecule has 0 atom stereocenters. The lowest BCUT2D eigenvalue weighted by molar-refractivity contribution is -0.117. The molecule has 8 heteroatoms. The summed E-state index contributed by atoms with van der Waals surface area (Å²) in [7, 11) is 1.88. The number of anilines is 1. The van der Waals surface area contributed by atoms with E-state index in [0.717, 1.165) is 32.2 Å². The number of nitrogens with zero attached hydrogens (tertiary/aromatic N) is 4. The summed E-state index contributed by atoms with van der Waals surface area (Å²) in [5.41, 5.74) is 3.23. The molecule has 0 aliphatic rings. The van der Waals surface area contributed by atoms with Crippen molar-refractivity contribution in [3.63, 3.8) is 0 Å². The summed E-state index contributed by atoms with van der Waals surface area (Å²) in [6.45, 7) is 5.03. The van der Waals surface area contributed by atoms with Gasteiger partial charge in [0, 0.05) is 5.69 Å². The van der Waals surface area contributed by atoms with Crippen LogP contribution in [0.15, 0.2) is 47.1 Å².